The maximum absolute atomic E-state index is 13.4. The SMILES string of the molecule is CC(=O)[C@H](C)n1c(=O)c2c(nc3n(-c4ccc(F)cc4)c(C)c(C)n23)n(C)c1=O. The highest BCUT2D eigenvalue weighted by Crippen LogP contribution is 2.24. The van der Waals surface area contributed by atoms with Crippen LogP contribution >= 0.6 is 0 Å². The fraction of sp³-hybridized carbons (Fsp3) is 0.300. The number of benzene rings is 1. The molecular formula is C20H20FN5O3. The molecule has 0 radical (unpaired) electrons. The van der Waals surface area contributed by atoms with E-state index in [2.05, 4.69) is 4.98 Å². The van der Waals surface area contributed by atoms with Crippen molar-refractivity contribution in [2.75, 3.05) is 0 Å². The minimum absolute atomic E-state index is 0.219. The van der Waals surface area contributed by atoms with Crippen molar-refractivity contribution in [1.82, 2.24) is 23.1 Å². The molecule has 9 heteroatoms. The maximum atomic E-state index is 13.4. The topological polar surface area (TPSA) is 83.3 Å². The number of halogens is 1. The molecule has 0 spiro atoms. The lowest BCUT2D eigenvalue weighted by molar-refractivity contribution is -0.119. The average Bonchev–Trinajstić information content (AvgIpc) is 3.17. The number of imidazole rings is 2. The highest BCUT2D eigenvalue weighted by molar-refractivity contribution is 5.81. The number of fused-ring (bicyclic) bond motifs is 3. The molecule has 0 aliphatic heterocycles. The minimum Gasteiger partial charge on any atom is -0.298 e. The van der Waals surface area contributed by atoms with Crippen LogP contribution in [0.5, 0.6) is 0 Å². The van der Waals surface area contributed by atoms with Gasteiger partial charge in [0.1, 0.15) is 5.82 Å². The van der Waals surface area contributed by atoms with Crippen LogP contribution in [0.3, 0.4) is 0 Å². The fourth-order valence-corrected chi connectivity index (χ4v) is 3.64. The molecule has 0 aliphatic rings. The molecule has 0 unspecified atom stereocenters. The Bertz CT molecular complexity index is 1420. The van der Waals surface area contributed by atoms with E-state index in [1.165, 1.54) is 37.6 Å². The van der Waals surface area contributed by atoms with Crippen LogP contribution in [0.15, 0.2) is 33.9 Å². The largest absolute Gasteiger partial charge is 0.333 e. The lowest BCUT2D eigenvalue weighted by atomic mass is 10.2. The van der Waals surface area contributed by atoms with Crippen LogP contribution in [0.25, 0.3) is 22.6 Å². The maximum Gasteiger partial charge on any atom is 0.333 e. The number of aryl methyl sites for hydroxylation is 2. The van der Waals surface area contributed by atoms with Crippen molar-refractivity contribution in [3.63, 3.8) is 0 Å². The number of hydrogen-bond donors (Lipinski definition) is 0. The summed E-state index contributed by atoms with van der Waals surface area (Å²) in [5.41, 5.74) is 1.52. The van der Waals surface area contributed by atoms with Crippen molar-refractivity contribution in [2.24, 2.45) is 7.05 Å². The molecule has 0 saturated carbocycles. The van der Waals surface area contributed by atoms with E-state index in [0.29, 0.717) is 11.5 Å². The van der Waals surface area contributed by atoms with Gasteiger partial charge in [-0.1, -0.05) is 0 Å². The number of Topliss-reactive ketones (excluding diaryl/α,β-unsaturated/α-hetero) is 1. The summed E-state index contributed by atoms with van der Waals surface area (Å²) in [6.45, 7) is 6.58. The molecule has 8 nitrogen and oxygen atoms in total. The molecule has 3 heterocycles. The third-order valence-corrected chi connectivity index (χ3v) is 5.53. The van der Waals surface area contributed by atoms with Crippen molar-refractivity contribution in [1.29, 1.82) is 0 Å². The second kappa shape index (κ2) is 6.26. The molecule has 3 aromatic heterocycles. The summed E-state index contributed by atoms with van der Waals surface area (Å²) in [7, 11) is 1.52. The van der Waals surface area contributed by atoms with E-state index in [0.717, 1.165) is 16.0 Å². The first-order valence-corrected chi connectivity index (χ1v) is 9.13. The summed E-state index contributed by atoms with van der Waals surface area (Å²) >= 11 is 0. The van der Waals surface area contributed by atoms with E-state index in [9.17, 15) is 18.8 Å². The minimum atomic E-state index is -0.892. The smallest absolute Gasteiger partial charge is 0.298 e. The lowest BCUT2D eigenvalue weighted by Gasteiger charge is -2.12. The van der Waals surface area contributed by atoms with Gasteiger partial charge < -0.3 is 0 Å². The Morgan fingerprint density at radius 3 is 2.31 bits per heavy atom. The van der Waals surface area contributed by atoms with Gasteiger partial charge in [-0.2, -0.15) is 4.98 Å². The molecule has 0 fully saturated rings. The number of carbonyl (C=O) groups is 1. The Kier molecular flexibility index (Phi) is 4.07. The van der Waals surface area contributed by atoms with Crippen LogP contribution in [0, 0.1) is 19.7 Å². The molecule has 0 amide bonds. The monoisotopic (exact) mass is 397 g/mol. The first-order valence-electron chi connectivity index (χ1n) is 9.13. The third kappa shape index (κ3) is 2.50. The van der Waals surface area contributed by atoms with Gasteiger partial charge in [0.05, 0.1) is 6.04 Å². The van der Waals surface area contributed by atoms with Gasteiger partial charge in [-0.15, -0.1) is 0 Å². The van der Waals surface area contributed by atoms with E-state index in [1.807, 2.05) is 13.8 Å². The number of nitrogens with zero attached hydrogens (tertiary/aromatic N) is 5. The molecule has 29 heavy (non-hydrogen) atoms. The van der Waals surface area contributed by atoms with Crippen molar-refractivity contribution >= 4 is 22.7 Å². The van der Waals surface area contributed by atoms with Crippen LogP contribution in [0.1, 0.15) is 31.3 Å². The van der Waals surface area contributed by atoms with Crippen LogP contribution in [0.4, 0.5) is 4.39 Å². The quantitative estimate of drug-likeness (QED) is 0.530. The summed E-state index contributed by atoms with van der Waals surface area (Å²) < 4.78 is 19.1. The zero-order valence-electron chi connectivity index (χ0n) is 16.7. The van der Waals surface area contributed by atoms with Gasteiger partial charge in [0.15, 0.2) is 16.9 Å². The van der Waals surface area contributed by atoms with E-state index < -0.39 is 17.3 Å². The van der Waals surface area contributed by atoms with Gasteiger partial charge in [0.2, 0.25) is 5.78 Å². The Labute approximate surface area is 164 Å². The zero-order valence-corrected chi connectivity index (χ0v) is 16.7. The summed E-state index contributed by atoms with van der Waals surface area (Å²) in [5.74, 6) is -0.216. The van der Waals surface area contributed by atoms with Crippen LogP contribution in [-0.2, 0) is 11.8 Å². The summed E-state index contributed by atoms with van der Waals surface area (Å²) in [4.78, 5) is 42.5. The Morgan fingerprint density at radius 2 is 1.72 bits per heavy atom. The van der Waals surface area contributed by atoms with Crippen LogP contribution in [-0.4, -0.2) is 28.9 Å². The van der Waals surface area contributed by atoms with E-state index in [1.54, 1.807) is 21.1 Å². The average molecular weight is 397 g/mol. The second-order valence-corrected chi connectivity index (χ2v) is 7.21. The highest BCUT2D eigenvalue weighted by Gasteiger charge is 2.25. The van der Waals surface area contributed by atoms with Gasteiger partial charge in [0, 0.05) is 24.1 Å². The van der Waals surface area contributed by atoms with Crippen molar-refractivity contribution in [2.45, 2.75) is 33.7 Å². The molecule has 150 valence electrons. The number of aromatic nitrogens is 5. The Balaban J connectivity index is 2.19. The first kappa shape index (κ1) is 18.9. The summed E-state index contributed by atoms with van der Waals surface area (Å²) in [6, 6.07) is 5.05. The highest BCUT2D eigenvalue weighted by atomic mass is 19.1. The van der Waals surface area contributed by atoms with Crippen molar-refractivity contribution < 1.29 is 9.18 Å². The Hall–Kier alpha value is -3.49. The predicted molar refractivity (Wildman–Crippen MR) is 106 cm³/mol. The standard InChI is InChI=1S/C20H20FN5O3/c1-10-11(2)25-16-17(22-19(25)24(10)15-8-6-14(21)7-9-15)23(5)20(29)26(18(16)28)12(3)13(4)27/h6-9,12H,1-5H3/t12-/m0/s1. The van der Waals surface area contributed by atoms with Gasteiger partial charge in [-0.05, 0) is 52.0 Å². The summed E-state index contributed by atoms with van der Waals surface area (Å²) in [6.07, 6.45) is 0. The van der Waals surface area contributed by atoms with Gasteiger partial charge in [-0.25, -0.2) is 13.8 Å². The Morgan fingerprint density at radius 1 is 1.10 bits per heavy atom. The molecule has 0 aliphatic carbocycles. The molecule has 1 atom stereocenters. The van der Waals surface area contributed by atoms with Gasteiger partial charge >= 0.3 is 5.69 Å². The molecule has 4 rings (SSSR count). The normalized spacial score (nSPS) is 12.8. The molecular weight excluding hydrogens is 377 g/mol. The number of ketones is 1. The molecule has 0 N–H and O–H groups in total. The third-order valence-electron chi connectivity index (χ3n) is 5.53. The zero-order chi connectivity index (χ0) is 21.2. The van der Waals surface area contributed by atoms with Crippen LogP contribution < -0.4 is 11.2 Å². The van der Waals surface area contributed by atoms with Crippen LogP contribution in [0.2, 0.25) is 0 Å². The molecule has 4 aromatic rings. The molecule has 0 saturated heterocycles. The summed E-state index contributed by atoms with van der Waals surface area (Å²) in [5, 5.41) is 0. The predicted octanol–water partition coefficient (Wildman–Crippen LogP) is 2.04. The van der Waals surface area contributed by atoms with E-state index in [4.69, 9.17) is 0 Å². The van der Waals surface area contributed by atoms with E-state index in [-0.39, 0.29) is 22.8 Å². The van der Waals surface area contributed by atoms with Crippen molar-refractivity contribution in [3.05, 3.63) is 62.3 Å². The van der Waals surface area contributed by atoms with Crippen molar-refractivity contribution in [3.8, 4) is 5.69 Å². The molecule has 1 aromatic carbocycles. The second-order valence-electron chi connectivity index (χ2n) is 7.21. The fourth-order valence-electron chi connectivity index (χ4n) is 3.64. The lowest BCUT2D eigenvalue weighted by Crippen LogP contribution is -2.42. The molecule has 0 bridgehead atoms. The van der Waals surface area contributed by atoms with E-state index >= 15 is 0 Å². The van der Waals surface area contributed by atoms with Gasteiger partial charge in [-0.3, -0.25) is 23.1 Å². The number of carbonyl (C=O) groups excluding carboxylic acids is 1. The number of rotatable bonds is 3. The number of hydrogen-bond acceptors (Lipinski definition) is 4. The van der Waals surface area contributed by atoms with Gasteiger partial charge in [0.25, 0.3) is 5.56 Å². The first-order chi connectivity index (χ1) is 13.6.